The Kier molecular flexibility index (Phi) is 3.72. The molecule has 1 aromatic heterocycles. The lowest BCUT2D eigenvalue weighted by Crippen LogP contribution is -2.09. The van der Waals surface area contributed by atoms with Crippen LogP contribution >= 0.6 is 11.6 Å². The van der Waals surface area contributed by atoms with Gasteiger partial charge >= 0.3 is 0 Å². The maximum Gasteiger partial charge on any atom is 0.195 e. The zero-order valence-electron chi connectivity index (χ0n) is 10.3. The van der Waals surface area contributed by atoms with Crippen molar-refractivity contribution in [3.05, 3.63) is 57.9 Å². The van der Waals surface area contributed by atoms with E-state index in [0.717, 1.165) is 5.69 Å². The van der Waals surface area contributed by atoms with Crippen LogP contribution in [0.4, 0.5) is 0 Å². The summed E-state index contributed by atoms with van der Waals surface area (Å²) < 4.78 is 0. The molecule has 0 bridgehead atoms. The maximum absolute atomic E-state index is 12.4. The van der Waals surface area contributed by atoms with Crippen LogP contribution in [0.2, 0.25) is 5.02 Å². The van der Waals surface area contributed by atoms with Crippen molar-refractivity contribution in [2.75, 3.05) is 0 Å². The Bertz CT molecular complexity index is 596. The third kappa shape index (κ3) is 2.57. The van der Waals surface area contributed by atoms with Gasteiger partial charge in [-0.05, 0) is 31.5 Å². The number of aromatic nitrogens is 2. The highest BCUT2D eigenvalue weighted by atomic mass is 35.5. The number of carbonyl (C=O) groups excluding carboxylic acids is 1. The van der Waals surface area contributed by atoms with E-state index in [0.29, 0.717) is 28.3 Å². The van der Waals surface area contributed by atoms with Crippen molar-refractivity contribution in [2.24, 2.45) is 0 Å². The number of nitrogens with zero attached hydrogens (tertiary/aromatic N) is 2. The summed E-state index contributed by atoms with van der Waals surface area (Å²) in [6.07, 6.45) is 0.676. The van der Waals surface area contributed by atoms with E-state index in [1.165, 1.54) is 0 Å². The van der Waals surface area contributed by atoms with Crippen molar-refractivity contribution in [2.45, 2.75) is 20.3 Å². The van der Waals surface area contributed by atoms with E-state index in [2.05, 4.69) is 10.2 Å². The molecule has 0 N–H and O–H groups in total. The average molecular weight is 261 g/mol. The third-order valence-corrected chi connectivity index (χ3v) is 2.89. The minimum absolute atomic E-state index is 0.0626. The molecule has 0 saturated heterocycles. The van der Waals surface area contributed by atoms with Crippen LogP contribution in [0.1, 0.15) is 34.2 Å². The number of hydrogen-bond acceptors (Lipinski definition) is 3. The van der Waals surface area contributed by atoms with Crippen molar-refractivity contribution < 1.29 is 4.79 Å². The van der Waals surface area contributed by atoms with Crippen LogP contribution in [0.15, 0.2) is 30.3 Å². The van der Waals surface area contributed by atoms with Crippen LogP contribution in [-0.4, -0.2) is 16.0 Å². The Morgan fingerprint density at radius 1 is 1.28 bits per heavy atom. The third-order valence-electron chi connectivity index (χ3n) is 2.66. The molecule has 0 aliphatic rings. The predicted octanol–water partition coefficient (Wildman–Crippen LogP) is 3.23. The fourth-order valence-corrected chi connectivity index (χ4v) is 1.95. The highest BCUT2D eigenvalue weighted by molar-refractivity contribution is 6.31. The Balaban J connectivity index is 2.48. The molecule has 4 heteroatoms. The number of benzene rings is 1. The second-order valence-corrected chi connectivity index (χ2v) is 4.48. The van der Waals surface area contributed by atoms with Gasteiger partial charge in [0.2, 0.25) is 0 Å². The van der Waals surface area contributed by atoms with E-state index in [1.54, 1.807) is 30.3 Å². The standard InChI is InChI=1S/C14H13ClN2O/c1-3-13-12(7-9(2)16-17-13)14(18)10-5-4-6-11(15)8-10/h4-8H,3H2,1-2H3. The number of aryl methyl sites for hydroxylation is 2. The molecule has 1 heterocycles. The van der Waals surface area contributed by atoms with Gasteiger partial charge in [0, 0.05) is 16.1 Å². The van der Waals surface area contributed by atoms with Gasteiger partial charge in [0.15, 0.2) is 5.78 Å². The van der Waals surface area contributed by atoms with Crippen LogP contribution in [0.25, 0.3) is 0 Å². The van der Waals surface area contributed by atoms with Crippen molar-refractivity contribution in [1.29, 1.82) is 0 Å². The Morgan fingerprint density at radius 3 is 2.72 bits per heavy atom. The number of carbonyl (C=O) groups is 1. The van der Waals surface area contributed by atoms with Crippen LogP contribution < -0.4 is 0 Å². The summed E-state index contributed by atoms with van der Waals surface area (Å²) in [5.74, 6) is -0.0626. The first-order valence-electron chi connectivity index (χ1n) is 5.75. The number of halogens is 1. The highest BCUT2D eigenvalue weighted by Gasteiger charge is 2.15. The maximum atomic E-state index is 12.4. The minimum Gasteiger partial charge on any atom is -0.289 e. The molecule has 0 aliphatic carbocycles. The van der Waals surface area contributed by atoms with Gasteiger partial charge in [-0.15, -0.1) is 0 Å². The van der Waals surface area contributed by atoms with Crippen LogP contribution in [0, 0.1) is 6.92 Å². The van der Waals surface area contributed by atoms with E-state index in [1.807, 2.05) is 13.8 Å². The van der Waals surface area contributed by atoms with E-state index < -0.39 is 0 Å². The van der Waals surface area contributed by atoms with Gasteiger partial charge in [0.1, 0.15) is 0 Å². The summed E-state index contributed by atoms with van der Waals surface area (Å²) >= 11 is 5.90. The average Bonchev–Trinajstić information content (AvgIpc) is 2.38. The zero-order valence-corrected chi connectivity index (χ0v) is 11.0. The van der Waals surface area contributed by atoms with Crippen molar-refractivity contribution in [1.82, 2.24) is 10.2 Å². The smallest absolute Gasteiger partial charge is 0.195 e. The summed E-state index contributed by atoms with van der Waals surface area (Å²) in [5.41, 5.74) is 2.63. The molecule has 0 radical (unpaired) electrons. The van der Waals surface area contributed by atoms with Gasteiger partial charge in [0.25, 0.3) is 0 Å². The molecule has 0 fully saturated rings. The Hall–Kier alpha value is -1.74. The first-order chi connectivity index (χ1) is 8.61. The molecule has 0 spiro atoms. The molecule has 0 amide bonds. The monoisotopic (exact) mass is 260 g/mol. The molecule has 0 saturated carbocycles. The largest absolute Gasteiger partial charge is 0.289 e. The summed E-state index contributed by atoms with van der Waals surface area (Å²) in [6.45, 7) is 3.77. The first kappa shape index (κ1) is 12.7. The fraction of sp³-hybridized carbons (Fsp3) is 0.214. The van der Waals surface area contributed by atoms with Gasteiger partial charge in [-0.1, -0.05) is 30.7 Å². The number of ketones is 1. The molecule has 92 valence electrons. The van der Waals surface area contributed by atoms with Crippen molar-refractivity contribution >= 4 is 17.4 Å². The van der Waals surface area contributed by atoms with E-state index in [4.69, 9.17) is 11.6 Å². The second kappa shape index (κ2) is 5.27. The fourth-order valence-electron chi connectivity index (χ4n) is 1.76. The summed E-state index contributed by atoms with van der Waals surface area (Å²) in [4.78, 5) is 12.4. The van der Waals surface area contributed by atoms with E-state index >= 15 is 0 Å². The topological polar surface area (TPSA) is 42.9 Å². The molecule has 0 unspecified atom stereocenters. The lowest BCUT2D eigenvalue weighted by molar-refractivity contribution is 0.103. The summed E-state index contributed by atoms with van der Waals surface area (Å²) in [6, 6.07) is 8.70. The van der Waals surface area contributed by atoms with E-state index in [9.17, 15) is 4.79 Å². The normalized spacial score (nSPS) is 10.4. The highest BCUT2D eigenvalue weighted by Crippen LogP contribution is 2.17. The Labute approximate surface area is 111 Å². The molecule has 1 aromatic carbocycles. The molecule has 2 rings (SSSR count). The van der Waals surface area contributed by atoms with Crippen LogP contribution in [0.3, 0.4) is 0 Å². The molecular weight excluding hydrogens is 248 g/mol. The summed E-state index contributed by atoms with van der Waals surface area (Å²) in [5, 5.41) is 8.59. The van der Waals surface area contributed by atoms with Gasteiger partial charge in [0.05, 0.1) is 11.4 Å². The zero-order chi connectivity index (χ0) is 13.1. The minimum atomic E-state index is -0.0626. The Morgan fingerprint density at radius 2 is 2.06 bits per heavy atom. The van der Waals surface area contributed by atoms with Crippen molar-refractivity contribution in [3.8, 4) is 0 Å². The number of hydrogen-bond donors (Lipinski definition) is 0. The molecule has 0 aliphatic heterocycles. The van der Waals surface area contributed by atoms with Crippen molar-refractivity contribution in [3.63, 3.8) is 0 Å². The molecule has 18 heavy (non-hydrogen) atoms. The lowest BCUT2D eigenvalue weighted by Gasteiger charge is -2.06. The molecule has 3 nitrogen and oxygen atoms in total. The molecule has 2 aromatic rings. The number of rotatable bonds is 3. The lowest BCUT2D eigenvalue weighted by atomic mass is 10.0. The van der Waals surface area contributed by atoms with Gasteiger partial charge in [-0.25, -0.2) is 0 Å². The quantitative estimate of drug-likeness (QED) is 0.796. The second-order valence-electron chi connectivity index (χ2n) is 4.04. The van der Waals surface area contributed by atoms with Gasteiger partial charge in [-0.3, -0.25) is 4.79 Å². The SMILES string of the molecule is CCc1nnc(C)cc1C(=O)c1cccc(Cl)c1. The molecule has 0 atom stereocenters. The summed E-state index contributed by atoms with van der Waals surface area (Å²) in [7, 11) is 0. The van der Waals surface area contributed by atoms with E-state index in [-0.39, 0.29) is 5.78 Å². The van der Waals surface area contributed by atoms with Gasteiger partial charge < -0.3 is 0 Å². The molecular formula is C14H13ClN2O. The van der Waals surface area contributed by atoms with Gasteiger partial charge in [-0.2, -0.15) is 10.2 Å². The van der Waals surface area contributed by atoms with Crippen LogP contribution in [0.5, 0.6) is 0 Å². The first-order valence-corrected chi connectivity index (χ1v) is 6.13. The van der Waals surface area contributed by atoms with Crippen LogP contribution in [-0.2, 0) is 6.42 Å². The predicted molar refractivity (Wildman–Crippen MR) is 71.0 cm³/mol.